The van der Waals surface area contributed by atoms with Gasteiger partial charge in [-0.3, -0.25) is 19.8 Å². The van der Waals surface area contributed by atoms with Crippen LogP contribution >= 0.6 is 58.0 Å². The van der Waals surface area contributed by atoms with E-state index in [-0.39, 0.29) is 20.7 Å². The summed E-state index contributed by atoms with van der Waals surface area (Å²) in [6.07, 6.45) is 1.49. The first-order chi connectivity index (χ1) is 15.8. The molecule has 0 aromatic heterocycles. The molecule has 0 unspecified atom stereocenters. The van der Waals surface area contributed by atoms with Crippen molar-refractivity contribution in [3.05, 3.63) is 97.0 Å². The van der Waals surface area contributed by atoms with Crippen LogP contribution in [0.15, 0.2) is 72.3 Å². The molecule has 1 N–H and O–H groups in total. The number of carbonyl (C=O) groups is 2. The number of ether oxygens (including phenoxy) is 1. The Morgan fingerprint density at radius 3 is 2.39 bits per heavy atom. The minimum Gasteiger partial charge on any atom is -0.489 e. The topological polar surface area (TPSA) is 58.6 Å². The summed E-state index contributed by atoms with van der Waals surface area (Å²) in [7, 11) is 0. The highest BCUT2D eigenvalue weighted by Gasteiger charge is 2.35. The van der Waals surface area contributed by atoms with E-state index < -0.39 is 11.8 Å². The SMILES string of the molecule is O=C1NC(=S)N(c2cccc(Cl)c2Cl)C(=O)/C1=C/c1ccc(OCc2ccc(I)cc2)cc1. The second-order valence-electron chi connectivity index (χ2n) is 7.01. The zero-order valence-electron chi connectivity index (χ0n) is 16.8. The van der Waals surface area contributed by atoms with Crippen LogP contribution in [0, 0.1) is 3.57 Å². The quantitative estimate of drug-likeness (QED) is 0.167. The van der Waals surface area contributed by atoms with Crippen LogP contribution in [0.2, 0.25) is 10.0 Å². The minimum atomic E-state index is -0.591. The maximum Gasteiger partial charge on any atom is 0.270 e. The molecular formula is C24H15Cl2IN2O3S. The summed E-state index contributed by atoms with van der Waals surface area (Å²) in [6, 6.07) is 20.0. The van der Waals surface area contributed by atoms with E-state index in [1.165, 1.54) is 6.08 Å². The molecule has 1 aliphatic rings. The highest BCUT2D eigenvalue weighted by molar-refractivity contribution is 14.1. The molecule has 1 saturated heterocycles. The van der Waals surface area contributed by atoms with Gasteiger partial charge in [0.15, 0.2) is 5.11 Å². The lowest BCUT2D eigenvalue weighted by atomic mass is 10.1. The van der Waals surface area contributed by atoms with Crippen molar-refractivity contribution in [2.45, 2.75) is 6.61 Å². The lowest BCUT2D eigenvalue weighted by molar-refractivity contribution is -0.122. The summed E-state index contributed by atoms with van der Waals surface area (Å²) in [5, 5.41) is 2.91. The van der Waals surface area contributed by atoms with Crippen LogP contribution < -0.4 is 15.0 Å². The zero-order chi connectivity index (χ0) is 23.5. The molecule has 1 heterocycles. The van der Waals surface area contributed by atoms with Crippen molar-refractivity contribution in [3.8, 4) is 5.75 Å². The third kappa shape index (κ3) is 5.38. The summed E-state index contributed by atoms with van der Waals surface area (Å²) < 4.78 is 6.97. The van der Waals surface area contributed by atoms with Gasteiger partial charge in [0.1, 0.15) is 17.9 Å². The van der Waals surface area contributed by atoms with Gasteiger partial charge >= 0.3 is 0 Å². The molecule has 4 rings (SSSR count). The summed E-state index contributed by atoms with van der Waals surface area (Å²) in [6.45, 7) is 0.436. The van der Waals surface area contributed by atoms with Gasteiger partial charge in [-0.25, -0.2) is 0 Å². The monoisotopic (exact) mass is 608 g/mol. The molecule has 2 amide bonds. The lowest BCUT2D eigenvalue weighted by Gasteiger charge is -2.29. The number of hydrogen-bond donors (Lipinski definition) is 1. The molecule has 1 aliphatic heterocycles. The number of nitrogens with zero attached hydrogens (tertiary/aromatic N) is 1. The van der Waals surface area contributed by atoms with Gasteiger partial charge in [-0.05, 0) is 88.4 Å². The van der Waals surface area contributed by atoms with Crippen molar-refractivity contribution in [2.75, 3.05) is 4.90 Å². The highest BCUT2D eigenvalue weighted by Crippen LogP contribution is 2.34. The third-order valence-electron chi connectivity index (χ3n) is 4.78. The lowest BCUT2D eigenvalue weighted by Crippen LogP contribution is -2.54. The van der Waals surface area contributed by atoms with Crippen molar-refractivity contribution in [2.24, 2.45) is 0 Å². The predicted octanol–water partition coefficient (Wildman–Crippen LogP) is 6.01. The van der Waals surface area contributed by atoms with Crippen molar-refractivity contribution >= 4 is 86.7 Å². The molecule has 0 radical (unpaired) electrons. The molecule has 9 heteroatoms. The van der Waals surface area contributed by atoms with E-state index in [9.17, 15) is 9.59 Å². The molecule has 5 nitrogen and oxygen atoms in total. The van der Waals surface area contributed by atoms with E-state index in [0.29, 0.717) is 23.6 Å². The molecule has 1 fully saturated rings. The number of rotatable bonds is 5. The molecule has 166 valence electrons. The summed E-state index contributed by atoms with van der Waals surface area (Å²) in [4.78, 5) is 26.8. The predicted molar refractivity (Wildman–Crippen MR) is 143 cm³/mol. The van der Waals surface area contributed by atoms with Crippen LogP contribution in [0.5, 0.6) is 5.75 Å². The molecule has 3 aromatic carbocycles. The number of halogens is 3. The molecule has 0 bridgehead atoms. The van der Waals surface area contributed by atoms with E-state index in [4.69, 9.17) is 40.2 Å². The number of benzene rings is 3. The molecule has 0 saturated carbocycles. The van der Waals surface area contributed by atoms with E-state index in [1.807, 2.05) is 24.3 Å². The van der Waals surface area contributed by atoms with Gasteiger partial charge in [0.2, 0.25) is 0 Å². The number of thiocarbonyl (C=S) groups is 1. The highest BCUT2D eigenvalue weighted by atomic mass is 127. The van der Waals surface area contributed by atoms with Crippen LogP contribution in [0.4, 0.5) is 5.69 Å². The number of amides is 2. The third-order valence-corrected chi connectivity index (χ3v) is 6.60. The Hall–Kier alpha value is -2.46. The smallest absolute Gasteiger partial charge is 0.270 e. The normalized spacial score (nSPS) is 15.1. The van der Waals surface area contributed by atoms with Crippen molar-refractivity contribution in [1.29, 1.82) is 0 Å². The zero-order valence-corrected chi connectivity index (χ0v) is 21.3. The van der Waals surface area contributed by atoms with E-state index in [0.717, 1.165) is 14.0 Å². The van der Waals surface area contributed by atoms with Crippen molar-refractivity contribution < 1.29 is 14.3 Å². The summed E-state index contributed by atoms with van der Waals surface area (Å²) in [5.41, 5.74) is 1.93. The Kier molecular flexibility index (Phi) is 7.33. The van der Waals surface area contributed by atoms with Gasteiger partial charge < -0.3 is 4.74 Å². The number of hydrogen-bond acceptors (Lipinski definition) is 4. The second-order valence-corrected chi connectivity index (χ2v) is 9.43. The molecule has 3 aromatic rings. The first-order valence-corrected chi connectivity index (χ1v) is 11.9. The second kappa shape index (κ2) is 10.2. The van der Waals surface area contributed by atoms with Crippen LogP contribution in [-0.4, -0.2) is 16.9 Å². The van der Waals surface area contributed by atoms with Gasteiger partial charge in [0, 0.05) is 3.57 Å². The van der Waals surface area contributed by atoms with Crippen LogP contribution in [0.1, 0.15) is 11.1 Å². The minimum absolute atomic E-state index is 0.0642. The molecule has 0 atom stereocenters. The Morgan fingerprint density at radius 2 is 1.70 bits per heavy atom. The van der Waals surface area contributed by atoms with E-state index in [1.54, 1.807) is 42.5 Å². The fourth-order valence-electron chi connectivity index (χ4n) is 3.12. The van der Waals surface area contributed by atoms with Gasteiger partial charge in [0.05, 0.1) is 15.7 Å². The standard InChI is InChI=1S/C24H15Cl2IN2O3S/c25-19-2-1-3-20(21(19)26)29-23(31)18(22(30)28-24(29)33)12-14-6-10-17(11-7-14)32-13-15-4-8-16(27)9-5-15/h1-12H,13H2,(H,28,30,33)/b18-12+. The largest absolute Gasteiger partial charge is 0.489 e. The molecule has 33 heavy (non-hydrogen) atoms. The number of nitrogens with one attached hydrogen (secondary N) is 1. The Bertz CT molecular complexity index is 1280. The molecule has 0 aliphatic carbocycles. The van der Waals surface area contributed by atoms with E-state index >= 15 is 0 Å². The maximum absolute atomic E-state index is 13.1. The summed E-state index contributed by atoms with van der Waals surface area (Å²) >= 11 is 19.8. The van der Waals surface area contributed by atoms with Crippen LogP contribution in [0.3, 0.4) is 0 Å². The van der Waals surface area contributed by atoms with E-state index in [2.05, 4.69) is 27.9 Å². The fourth-order valence-corrected chi connectivity index (χ4v) is 4.13. The maximum atomic E-state index is 13.1. The van der Waals surface area contributed by atoms with Gasteiger partial charge in [-0.2, -0.15) is 0 Å². The first kappa shape index (κ1) is 23.7. The Morgan fingerprint density at radius 1 is 1.00 bits per heavy atom. The Balaban J connectivity index is 1.54. The van der Waals surface area contributed by atoms with Gasteiger partial charge in [0.25, 0.3) is 11.8 Å². The average Bonchev–Trinajstić information content (AvgIpc) is 2.80. The number of anilines is 1. The molecule has 0 spiro atoms. The molecular weight excluding hydrogens is 594 g/mol. The summed E-state index contributed by atoms with van der Waals surface area (Å²) in [5.74, 6) is -0.506. The van der Waals surface area contributed by atoms with Crippen molar-refractivity contribution in [1.82, 2.24) is 5.32 Å². The fraction of sp³-hybridized carbons (Fsp3) is 0.0417. The van der Waals surface area contributed by atoms with Crippen LogP contribution in [-0.2, 0) is 16.2 Å². The van der Waals surface area contributed by atoms with Gasteiger partial charge in [-0.15, -0.1) is 0 Å². The van der Waals surface area contributed by atoms with Gasteiger partial charge in [-0.1, -0.05) is 53.5 Å². The Labute approximate surface area is 219 Å². The first-order valence-electron chi connectivity index (χ1n) is 9.66. The average molecular weight is 609 g/mol. The number of carbonyl (C=O) groups excluding carboxylic acids is 2. The van der Waals surface area contributed by atoms with Crippen molar-refractivity contribution in [3.63, 3.8) is 0 Å². The van der Waals surface area contributed by atoms with Crippen LogP contribution in [0.25, 0.3) is 6.08 Å².